The number of nitrogens with zero attached hydrogens (tertiary/aromatic N) is 1. The average molecular weight is 725 g/mol. The number of ketones is 2. The summed E-state index contributed by atoms with van der Waals surface area (Å²) in [6.07, 6.45) is -1.31. The number of anilines is 1. The lowest BCUT2D eigenvalue weighted by atomic mass is 9.98. The number of aromatic carboxylic acids is 2. The number of benzene rings is 3. The molecule has 276 valence electrons. The quantitative estimate of drug-likeness (QED) is 0.0291. The molecule has 0 radical (unpaired) electrons. The molecule has 1 atom stereocenters. The minimum atomic E-state index is -1.34. The molecule has 0 bridgehead atoms. The van der Waals surface area contributed by atoms with E-state index >= 15 is 0 Å². The monoisotopic (exact) mass is 724 g/mol. The predicted molar refractivity (Wildman–Crippen MR) is 182 cm³/mol. The zero-order valence-corrected chi connectivity index (χ0v) is 28.6. The Kier molecular flexibility index (Phi) is 15.7. The molecule has 1 fully saturated rings. The molecule has 0 unspecified atom stereocenters. The molecule has 6 N–H and O–H groups in total. The summed E-state index contributed by atoms with van der Waals surface area (Å²) in [6.45, 7) is 11.4. The Labute approximate surface area is 296 Å². The van der Waals surface area contributed by atoms with Crippen LogP contribution in [0.2, 0.25) is 0 Å². The van der Waals surface area contributed by atoms with Crippen molar-refractivity contribution < 1.29 is 68.4 Å². The van der Waals surface area contributed by atoms with Gasteiger partial charge < -0.3 is 35.6 Å². The van der Waals surface area contributed by atoms with Crippen LogP contribution in [0.1, 0.15) is 79.8 Å². The molecular formula is C35H36N2O15. The first-order valence-electron chi connectivity index (χ1n) is 14.8. The molecule has 3 aromatic carbocycles. The third-order valence-electron chi connectivity index (χ3n) is 6.55. The topological polar surface area (TPSA) is 288 Å². The van der Waals surface area contributed by atoms with E-state index in [-0.39, 0.29) is 29.0 Å². The van der Waals surface area contributed by atoms with Crippen LogP contribution in [0.25, 0.3) is 0 Å². The van der Waals surface area contributed by atoms with E-state index in [1.165, 1.54) is 37.3 Å². The number of carboxylic acid groups (broad SMARTS) is 4. The molecule has 1 saturated heterocycles. The number of rotatable bonds is 9. The highest BCUT2D eigenvalue weighted by Crippen LogP contribution is 2.25. The molecule has 0 saturated carbocycles. The summed E-state index contributed by atoms with van der Waals surface area (Å²) in [6, 6.07) is 14.6. The lowest BCUT2D eigenvalue weighted by Crippen LogP contribution is -2.23. The van der Waals surface area contributed by atoms with Crippen LogP contribution >= 0.6 is 0 Å². The van der Waals surface area contributed by atoms with Crippen LogP contribution in [-0.2, 0) is 23.9 Å². The van der Waals surface area contributed by atoms with E-state index in [2.05, 4.69) is 6.58 Å². The Morgan fingerprint density at radius 3 is 1.85 bits per heavy atom. The second-order valence-corrected chi connectivity index (χ2v) is 11.2. The Hall–Kier alpha value is -6.75. The van der Waals surface area contributed by atoms with Gasteiger partial charge in [0.1, 0.15) is 11.1 Å². The number of hydrogen-bond acceptors (Lipinski definition) is 12. The number of Topliss-reactive ketones (excluding diaryl/α,β-unsaturated/α-hetero) is 2. The summed E-state index contributed by atoms with van der Waals surface area (Å²) >= 11 is 0. The molecule has 0 amide bonds. The number of nitro groups is 1. The van der Waals surface area contributed by atoms with Gasteiger partial charge in [-0.25, -0.2) is 19.2 Å². The van der Waals surface area contributed by atoms with E-state index in [0.717, 1.165) is 23.3 Å². The Balaban J connectivity index is 0.000000348. The van der Waals surface area contributed by atoms with Gasteiger partial charge in [-0.3, -0.25) is 24.5 Å². The Bertz CT molecular complexity index is 1860. The standard InChI is InChI=1S/C12H12O3.C9H8O3.C7H6N2O4.C7H10O5/c1-7-4-5-8(2)10(6-7)11(13)9(3)12(14)15;1-6(10)7-2-4-8(5-3-7)9(11)12;8-4-1-2-5(7(10)11)6(3-4)9(12)13;1-7(2)11-4(3-5(8)9)6(10)12-7/h4-6H,3H2,1-2H3,(H,14,15);2-5H,1H3,(H,11,12);1-3H,8H2,(H,10,11);4H,3H2,1-2H3,(H,8,9)/t;;;4-/m...1/s1. The maximum atomic E-state index is 11.7. The maximum Gasteiger partial charge on any atom is 0.342 e. The second kappa shape index (κ2) is 18.9. The molecule has 52 heavy (non-hydrogen) atoms. The van der Waals surface area contributed by atoms with Crippen LogP contribution < -0.4 is 5.73 Å². The molecule has 17 nitrogen and oxygen atoms in total. The van der Waals surface area contributed by atoms with Gasteiger partial charge in [0.2, 0.25) is 5.79 Å². The molecule has 1 aliphatic heterocycles. The molecular weight excluding hydrogens is 688 g/mol. The summed E-state index contributed by atoms with van der Waals surface area (Å²) in [5.74, 6) is -6.86. The van der Waals surface area contributed by atoms with E-state index in [9.17, 15) is 43.7 Å². The normalized spacial score (nSPS) is 13.6. The van der Waals surface area contributed by atoms with Crippen molar-refractivity contribution in [3.63, 3.8) is 0 Å². The van der Waals surface area contributed by atoms with Gasteiger partial charge >= 0.3 is 29.8 Å². The zero-order chi connectivity index (χ0) is 40.1. The van der Waals surface area contributed by atoms with E-state index < -0.39 is 63.7 Å². The number of carbonyl (C=O) groups excluding carboxylic acids is 3. The van der Waals surface area contributed by atoms with Crippen molar-refractivity contribution in [1.29, 1.82) is 0 Å². The molecule has 17 heteroatoms. The minimum Gasteiger partial charge on any atom is -0.481 e. The molecule has 3 aromatic rings. The van der Waals surface area contributed by atoms with Crippen LogP contribution in [0.3, 0.4) is 0 Å². The van der Waals surface area contributed by atoms with Crippen molar-refractivity contribution in [3.8, 4) is 0 Å². The number of ether oxygens (including phenoxy) is 2. The number of aliphatic carboxylic acids is 2. The lowest BCUT2D eigenvalue weighted by Gasteiger charge is -2.14. The fourth-order valence-corrected chi connectivity index (χ4v) is 3.97. The average Bonchev–Trinajstić information content (AvgIpc) is 3.31. The lowest BCUT2D eigenvalue weighted by molar-refractivity contribution is -0.385. The molecule has 0 aliphatic carbocycles. The van der Waals surface area contributed by atoms with Gasteiger partial charge in [-0.05, 0) is 56.7 Å². The second-order valence-electron chi connectivity index (χ2n) is 11.2. The number of nitro benzene ring substituents is 1. The number of carboxylic acids is 4. The predicted octanol–water partition coefficient (Wildman–Crippen LogP) is 4.73. The summed E-state index contributed by atoms with van der Waals surface area (Å²) < 4.78 is 9.76. The van der Waals surface area contributed by atoms with Crippen LogP contribution in [0, 0.1) is 24.0 Å². The fourth-order valence-electron chi connectivity index (χ4n) is 3.97. The van der Waals surface area contributed by atoms with Crippen LogP contribution in [0.4, 0.5) is 11.4 Å². The van der Waals surface area contributed by atoms with Crippen molar-refractivity contribution in [2.24, 2.45) is 0 Å². The number of esters is 1. The smallest absolute Gasteiger partial charge is 0.342 e. The summed E-state index contributed by atoms with van der Waals surface area (Å²) in [5, 5.41) is 44.5. The maximum absolute atomic E-state index is 11.7. The third-order valence-corrected chi connectivity index (χ3v) is 6.55. The van der Waals surface area contributed by atoms with Gasteiger partial charge in [0, 0.05) is 36.7 Å². The SMILES string of the molecule is C=C(C(=O)O)C(=O)c1cc(C)ccc1C.CC(=O)c1ccc(C(=O)O)cc1.CC1(C)OC(=O)[C@@H](CC(=O)O)O1.Nc1ccc(C(=O)O)c([N+](=O)[O-])c1. The van der Waals surface area contributed by atoms with Gasteiger partial charge in [0.05, 0.1) is 16.9 Å². The van der Waals surface area contributed by atoms with Crippen molar-refractivity contribution in [2.75, 3.05) is 5.73 Å². The van der Waals surface area contributed by atoms with Gasteiger partial charge in [0.25, 0.3) is 5.69 Å². The first-order valence-corrected chi connectivity index (χ1v) is 14.8. The first-order chi connectivity index (χ1) is 24.0. The van der Waals surface area contributed by atoms with Crippen LogP contribution in [0.15, 0.2) is 72.8 Å². The summed E-state index contributed by atoms with van der Waals surface area (Å²) in [7, 11) is 0. The van der Waals surface area contributed by atoms with Crippen molar-refractivity contribution in [3.05, 3.63) is 116 Å². The number of nitrogens with two attached hydrogens (primary N) is 1. The van der Waals surface area contributed by atoms with E-state index in [1.807, 2.05) is 13.0 Å². The van der Waals surface area contributed by atoms with E-state index in [4.69, 9.17) is 35.6 Å². The number of aryl methyl sites for hydroxylation is 2. The minimum absolute atomic E-state index is 0.0630. The zero-order valence-electron chi connectivity index (χ0n) is 28.6. The largest absolute Gasteiger partial charge is 0.481 e. The fraction of sp³-hybridized carbons (Fsp3) is 0.229. The van der Waals surface area contributed by atoms with E-state index in [1.54, 1.807) is 32.9 Å². The van der Waals surface area contributed by atoms with Crippen LogP contribution in [-0.4, -0.2) is 78.7 Å². The van der Waals surface area contributed by atoms with E-state index in [0.29, 0.717) is 11.1 Å². The number of hydrogen-bond donors (Lipinski definition) is 5. The Morgan fingerprint density at radius 2 is 1.42 bits per heavy atom. The number of cyclic esters (lactones) is 1. The van der Waals surface area contributed by atoms with Gasteiger partial charge in [-0.1, -0.05) is 36.4 Å². The van der Waals surface area contributed by atoms with Crippen molar-refractivity contribution in [2.45, 2.75) is 52.9 Å². The molecule has 1 heterocycles. The molecule has 0 spiro atoms. The highest BCUT2D eigenvalue weighted by atomic mass is 16.8. The Morgan fingerprint density at radius 1 is 0.865 bits per heavy atom. The molecule has 4 rings (SSSR count). The molecule has 0 aromatic heterocycles. The number of carbonyl (C=O) groups is 7. The van der Waals surface area contributed by atoms with Crippen LogP contribution in [0.5, 0.6) is 0 Å². The van der Waals surface area contributed by atoms with Crippen molar-refractivity contribution >= 4 is 52.8 Å². The highest BCUT2D eigenvalue weighted by Gasteiger charge is 2.41. The highest BCUT2D eigenvalue weighted by molar-refractivity contribution is 6.23. The van der Waals surface area contributed by atoms with Crippen molar-refractivity contribution in [1.82, 2.24) is 0 Å². The van der Waals surface area contributed by atoms with Gasteiger partial charge in [0.15, 0.2) is 17.7 Å². The first kappa shape index (κ1) is 43.3. The summed E-state index contributed by atoms with van der Waals surface area (Å²) in [5.41, 5.74) is 6.98. The number of nitrogen functional groups attached to an aromatic ring is 1. The third kappa shape index (κ3) is 13.6. The summed E-state index contributed by atoms with van der Waals surface area (Å²) in [4.78, 5) is 84.7. The van der Waals surface area contributed by atoms with Gasteiger partial charge in [-0.2, -0.15) is 0 Å². The molecule has 1 aliphatic rings. The van der Waals surface area contributed by atoms with Gasteiger partial charge in [-0.15, -0.1) is 0 Å².